The third-order valence-corrected chi connectivity index (χ3v) is 3.88. The SMILES string of the molecule is CCC(C)(CC)C1=C(NC)CCCC1=O. The van der Waals surface area contributed by atoms with Gasteiger partial charge in [-0.1, -0.05) is 20.8 Å². The van der Waals surface area contributed by atoms with Crippen LogP contribution in [0.4, 0.5) is 0 Å². The van der Waals surface area contributed by atoms with E-state index in [0.717, 1.165) is 37.7 Å². The van der Waals surface area contributed by atoms with Crippen LogP contribution in [0.3, 0.4) is 0 Å². The van der Waals surface area contributed by atoms with E-state index in [2.05, 4.69) is 26.1 Å². The second-order valence-corrected chi connectivity index (χ2v) is 4.65. The predicted molar refractivity (Wildman–Crippen MR) is 63.6 cm³/mol. The van der Waals surface area contributed by atoms with Crippen molar-refractivity contribution < 1.29 is 4.79 Å². The Hall–Kier alpha value is -0.790. The first-order valence-electron chi connectivity index (χ1n) is 6.03. The molecule has 0 unspecified atom stereocenters. The summed E-state index contributed by atoms with van der Waals surface area (Å²) in [5.74, 6) is 0.358. The van der Waals surface area contributed by atoms with Crippen molar-refractivity contribution in [3.05, 3.63) is 11.3 Å². The molecule has 0 atom stereocenters. The van der Waals surface area contributed by atoms with E-state index in [-0.39, 0.29) is 5.41 Å². The number of rotatable bonds is 4. The fourth-order valence-corrected chi connectivity index (χ4v) is 2.40. The van der Waals surface area contributed by atoms with Gasteiger partial charge in [-0.2, -0.15) is 0 Å². The van der Waals surface area contributed by atoms with Gasteiger partial charge in [0.25, 0.3) is 0 Å². The summed E-state index contributed by atoms with van der Waals surface area (Å²) in [5, 5.41) is 3.22. The molecule has 15 heavy (non-hydrogen) atoms. The highest BCUT2D eigenvalue weighted by Gasteiger charge is 2.34. The maximum absolute atomic E-state index is 12.0. The molecule has 0 heterocycles. The van der Waals surface area contributed by atoms with E-state index in [0.29, 0.717) is 5.78 Å². The number of carbonyl (C=O) groups excluding carboxylic acids is 1. The van der Waals surface area contributed by atoms with Crippen LogP contribution < -0.4 is 5.32 Å². The topological polar surface area (TPSA) is 29.1 Å². The van der Waals surface area contributed by atoms with Gasteiger partial charge in [0.05, 0.1) is 0 Å². The molecule has 2 nitrogen and oxygen atoms in total. The first kappa shape index (κ1) is 12.3. The molecular weight excluding hydrogens is 186 g/mol. The molecule has 0 bridgehead atoms. The predicted octanol–water partition coefficient (Wildman–Crippen LogP) is 3.04. The molecule has 0 aliphatic heterocycles. The van der Waals surface area contributed by atoms with E-state index in [9.17, 15) is 4.79 Å². The molecule has 0 radical (unpaired) electrons. The van der Waals surface area contributed by atoms with Crippen LogP contribution in [0, 0.1) is 5.41 Å². The summed E-state index contributed by atoms with van der Waals surface area (Å²) in [7, 11) is 1.93. The summed E-state index contributed by atoms with van der Waals surface area (Å²) in [6.07, 6.45) is 4.84. The lowest BCUT2D eigenvalue weighted by Gasteiger charge is -2.34. The first-order chi connectivity index (χ1) is 7.09. The van der Waals surface area contributed by atoms with Crippen molar-refractivity contribution in [1.29, 1.82) is 0 Å². The van der Waals surface area contributed by atoms with Crippen molar-refractivity contribution in [3.8, 4) is 0 Å². The van der Waals surface area contributed by atoms with Crippen LogP contribution in [0.15, 0.2) is 11.3 Å². The van der Waals surface area contributed by atoms with E-state index in [1.807, 2.05) is 7.05 Å². The van der Waals surface area contributed by atoms with Gasteiger partial charge in [-0.05, 0) is 31.1 Å². The second-order valence-electron chi connectivity index (χ2n) is 4.65. The quantitative estimate of drug-likeness (QED) is 0.771. The largest absolute Gasteiger partial charge is 0.391 e. The van der Waals surface area contributed by atoms with Crippen molar-refractivity contribution in [2.45, 2.75) is 52.9 Å². The van der Waals surface area contributed by atoms with Crippen molar-refractivity contribution >= 4 is 5.78 Å². The third-order valence-electron chi connectivity index (χ3n) is 3.88. The van der Waals surface area contributed by atoms with Gasteiger partial charge in [-0.25, -0.2) is 0 Å². The van der Waals surface area contributed by atoms with Crippen LogP contribution in [0.2, 0.25) is 0 Å². The second kappa shape index (κ2) is 4.82. The highest BCUT2D eigenvalue weighted by molar-refractivity contribution is 5.98. The number of allylic oxidation sites excluding steroid dienone is 2. The summed E-state index contributed by atoms with van der Waals surface area (Å²) >= 11 is 0. The van der Waals surface area contributed by atoms with Crippen molar-refractivity contribution in [2.24, 2.45) is 5.41 Å². The molecule has 0 aromatic carbocycles. The Morgan fingerprint density at radius 2 is 1.87 bits per heavy atom. The van der Waals surface area contributed by atoms with Gasteiger partial charge in [0, 0.05) is 24.7 Å². The monoisotopic (exact) mass is 209 g/mol. The van der Waals surface area contributed by atoms with Crippen LogP contribution >= 0.6 is 0 Å². The van der Waals surface area contributed by atoms with Gasteiger partial charge in [0.2, 0.25) is 0 Å². The van der Waals surface area contributed by atoms with Crippen LogP contribution in [0.25, 0.3) is 0 Å². The minimum Gasteiger partial charge on any atom is -0.391 e. The van der Waals surface area contributed by atoms with Crippen LogP contribution in [0.5, 0.6) is 0 Å². The summed E-state index contributed by atoms with van der Waals surface area (Å²) in [5.41, 5.74) is 2.31. The molecule has 0 saturated carbocycles. The molecule has 0 saturated heterocycles. The van der Waals surface area contributed by atoms with E-state index in [1.54, 1.807) is 0 Å². The Balaban J connectivity index is 3.15. The van der Waals surface area contributed by atoms with Gasteiger partial charge in [0.1, 0.15) is 0 Å². The normalized spacial score (nSPS) is 18.3. The zero-order chi connectivity index (χ0) is 11.5. The molecule has 86 valence electrons. The first-order valence-corrected chi connectivity index (χ1v) is 6.03. The number of hydrogen-bond acceptors (Lipinski definition) is 2. The van der Waals surface area contributed by atoms with Gasteiger partial charge < -0.3 is 5.32 Å². The Kier molecular flexibility index (Phi) is 3.95. The average Bonchev–Trinajstić information content (AvgIpc) is 2.27. The summed E-state index contributed by atoms with van der Waals surface area (Å²) < 4.78 is 0. The van der Waals surface area contributed by atoms with Crippen molar-refractivity contribution in [1.82, 2.24) is 5.32 Å². The zero-order valence-corrected chi connectivity index (χ0v) is 10.4. The smallest absolute Gasteiger partial charge is 0.161 e. The van der Waals surface area contributed by atoms with Crippen LogP contribution in [0.1, 0.15) is 52.9 Å². The Morgan fingerprint density at radius 1 is 1.27 bits per heavy atom. The molecule has 2 heteroatoms. The summed E-state index contributed by atoms with van der Waals surface area (Å²) in [6, 6.07) is 0. The van der Waals surface area contributed by atoms with Gasteiger partial charge in [-0.15, -0.1) is 0 Å². The van der Waals surface area contributed by atoms with Crippen LogP contribution in [-0.4, -0.2) is 12.8 Å². The molecule has 0 amide bonds. The van der Waals surface area contributed by atoms with Crippen molar-refractivity contribution in [3.63, 3.8) is 0 Å². The van der Waals surface area contributed by atoms with Gasteiger partial charge >= 0.3 is 0 Å². The highest BCUT2D eigenvalue weighted by atomic mass is 16.1. The molecule has 0 aromatic rings. The van der Waals surface area contributed by atoms with Crippen LogP contribution in [-0.2, 0) is 4.79 Å². The highest BCUT2D eigenvalue weighted by Crippen LogP contribution is 2.39. The lowest BCUT2D eigenvalue weighted by atomic mass is 9.71. The fourth-order valence-electron chi connectivity index (χ4n) is 2.40. The molecule has 0 spiro atoms. The van der Waals surface area contributed by atoms with E-state index < -0.39 is 0 Å². The molecular formula is C13H23NO. The standard InChI is InChI=1S/C13H23NO/c1-5-13(3,6-2)12-10(14-4)8-7-9-11(12)15/h14H,5-9H2,1-4H3. The minimum atomic E-state index is 0.0653. The number of nitrogens with one attached hydrogen (secondary N) is 1. The molecule has 0 fully saturated rings. The number of ketones is 1. The maximum Gasteiger partial charge on any atom is 0.161 e. The number of carbonyl (C=O) groups is 1. The molecule has 1 rings (SSSR count). The lowest BCUT2D eigenvalue weighted by Crippen LogP contribution is -2.30. The van der Waals surface area contributed by atoms with Gasteiger partial charge in [-0.3, -0.25) is 4.79 Å². The Morgan fingerprint density at radius 3 is 2.33 bits per heavy atom. The molecule has 1 aliphatic carbocycles. The fraction of sp³-hybridized carbons (Fsp3) is 0.769. The molecule has 1 N–H and O–H groups in total. The zero-order valence-electron chi connectivity index (χ0n) is 10.4. The lowest BCUT2D eigenvalue weighted by molar-refractivity contribution is -0.117. The Bertz CT molecular complexity index is 274. The number of Topliss-reactive ketones (excluding diaryl/α,β-unsaturated/α-hetero) is 1. The van der Waals surface area contributed by atoms with E-state index in [1.165, 1.54) is 5.70 Å². The minimum absolute atomic E-state index is 0.0653. The van der Waals surface area contributed by atoms with Crippen molar-refractivity contribution in [2.75, 3.05) is 7.05 Å². The maximum atomic E-state index is 12.0. The molecule has 1 aliphatic rings. The Labute approximate surface area is 93.1 Å². The van der Waals surface area contributed by atoms with Gasteiger partial charge in [0.15, 0.2) is 5.78 Å². The molecule has 0 aromatic heterocycles. The van der Waals surface area contributed by atoms with E-state index >= 15 is 0 Å². The average molecular weight is 209 g/mol. The van der Waals surface area contributed by atoms with E-state index in [4.69, 9.17) is 0 Å². The summed E-state index contributed by atoms with van der Waals surface area (Å²) in [6.45, 7) is 6.56. The number of hydrogen-bond donors (Lipinski definition) is 1. The third kappa shape index (κ3) is 2.24. The summed E-state index contributed by atoms with van der Waals surface area (Å²) in [4.78, 5) is 12.0.